The Morgan fingerprint density at radius 2 is 1.91 bits per heavy atom. The van der Waals surface area contributed by atoms with E-state index in [9.17, 15) is 4.79 Å². The molecule has 0 aliphatic rings. The quantitative estimate of drug-likeness (QED) is 0.918. The first-order valence-corrected chi connectivity index (χ1v) is 8.09. The van der Waals surface area contributed by atoms with Gasteiger partial charge in [0, 0.05) is 11.2 Å². The maximum absolute atomic E-state index is 12.6. The van der Waals surface area contributed by atoms with Crippen molar-refractivity contribution < 1.29 is 4.79 Å². The maximum atomic E-state index is 12.6. The summed E-state index contributed by atoms with van der Waals surface area (Å²) in [5.41, 5.74) is 4.13. The lowest BCUT2D eigenvalue weighted by Gasteiger charge is -2.29. The van der Waals surface area contributed by atoms with Gasteiger partial charge >= 0.3 is 0 Å². The zero-order chi connectivity index (χ0) is 17.2. The molecular formula is C19H27N3O. The van der Waals surface area contributed by atoms with Crippen molar-refractivity contribution in [2.24, 2.45) is 0 Å². The molecule has 2 rings (SSSR count). The fraction of sp³-hybridized carbons (Fsp3) is 0.474. The van der Waals surface area contributed by atoms with Crippen molar-refractivity contribution in [3.05, 3.63) is 52.8 Å². The Balaban J connectivity index is 2.09. The Labute approximate surface area is 138 Å². The molecule has 0 saturated carbocycles. The van der Waals surface area contributed by atoms with Crippen LogP contribution < -0.4 is 5.32 Å². The van der Waals surface area contributed by atoms with Crippen LogP contribution in [0.25, 0.3) is 0 Å². The molecule has 0 radical (unpaired) electrons. The van der Waals surface area contributed by atoms with Gasteiger partial charge in [0.05, 0.1) is 5.69 Å². The minimum absolute atomic E-state index is 0.00483. The van der Waals surface area contributed by atoms with Gasteiger partial charge in [0.1, 0.15) is 6.04 Å². The average molecular weight is 313 g/mol. The number of benzene rings is 1. The first-order chi connectivity index (χ1) is 10.7. The maximum Gasteiger partial charge on any atom is 0.245 e. The molecule has 0 saturated heterocycles. The first kappa shape index (κ1) is 17.3. The van der Waals surface area contributed by atoms with Crippen molar-refractivity contribution in [2.75, 3.05) is 0 Å². The highest BCUT2D eigenvalue weighted by Gasteiger charge is 2.26. The van der Waals surface area contributed by atoms with E-state index < -0.39 is 0 Å². The van der Waals surface area contributed by atoms with E-state index >= 15 is 0 Å². The van der Waals surface area contributed by atoms with Crippen molar-refractivity contribution in [3.63, 3.8) is 0 Å². The summed E-state index contributed by atoms with van der Waals surface area (Å²) in [5, 5.41) is 7.58. The van der Waals surface area contributed by atoms with Crippen molar-refractivity contribution in [3.8, 4) is 0 Å². The molecule has 1 aromatic carbocycles. The molecule has 1 unspecified atom stereocenters. The third-order valence-corrected chi connectivity index (χ3v) is 4.15. The summed E-state index contributed by atoms with van der Waals surface area (Å²) in [6, 6.07) is 9.97. The van der Waals surface area contributed by atoms with Gasteiger partial charge in [-0.2, -0.15) is 5.10 Å². The molecule has 0 bridgehead atoms. The molecule has 1 heterocycles. The number of amides is 1. The number of aryl methyl sites for hydroxylation is 3. The van der Waals surface area contributed by atoms with Crippen molar-refractivity contribution in [1.29, 1.82) is 0 Å². The van der Waals surface area contributed by atoms with E-state index in [1.807, 2.05) is 39.0 Å². The lowest BCUT2D eigenvalue weighted by Crippen LogP contribution is -2.47. The second kappa shape index (κ2) is 6.57. The SMILES string of the molecule is Cc1cc(C)n(C(C)C(=O)NC(C)(C)Cc2ccccc2C)n1. The molecule has 1 N–H and O–H groups in total. The summed E-state index contributed by atoms with van der Waals surface area (Å²) in [6.45, 7) is 12.0. The standard InChI is InChI=1S/C19H27N3O/c1-13-9-7-8-10-17(13)12-19(5,6)20-18(23)16(4)22-15(3)11-14(2)21-22/h7-11,16H,12H2,1-6H3,(H,20,23). The highest BCUT2D eigenvalue weighted by molar-refractivity contribution is 5.80. The molecule has 124 valence electrons. The van der Waals surface area contributed by atoms with Crippen LogP contribution in [-0.4, -0.2) is 21.2 Å². The zero-order valence-corrected chi connectivity index (χ0v) is 15.0. The number of carbonyl (C=O) groups is 1. The highest BCUT2D eigenvalue weighted by atomic mass is 16.2. The molecule has 1 atom stereocenters. The third-order valence-electron chi connectivity index (χ3n) is 4.15. The van der Waals surface area contributed by atoms with Crippen LogP contribution in [0.15, 0.2) is 30.3 Å². The van der Waals surface area contributed by atoms with Crippen LogP contribution in [0.3, 0.4) is 0 Å². The van der Waals surface area contributed by atoms with E-state index in [2.05, 4.69) is 43.3 Å². The van der Waals surface area contributed by atoms with Crippen LogP contribution in [0.2, 0.25) is 0 Å². The smallest absolute Gasteiger partial charge is 0.245 e. The van der Waals surface area contributed by atoms with Crippen LogP contribution in [0, 0.1) is 20.8 Å². The lowest BCUT2D eigenvalue weighted by molar-refractivity contribution is -0.125. The van der Waals surface area contributed by atoms with Crippen molar-refractivity contribution in [2.45, 2.75) is 59.5 Å². The summed E-state index contributed by atoms with van der Waals surface area (Å²) in [4.78, 5) is 12.6. The predicted molar refractivity (Wildman–Crippen MR) is 93.5 cm³/mol. The number of hydrogen-bond donors (Lipinski definition) is 1. The highest BCUT2D eigenvalue weighted by Crippen LogP contribution is 2.18. The largest absolute Gasteiger partial charge is 0.349 e. The Hall–Kier alpha value is -2.10. The molecule has 0 fully saturated rings. The van der Waals surface area contributed by atoms with Crippen molar-refractivity contribution in [1.82, 2.24) is 15.1 Å². The molecule has 4 heteroatoms. The summed E-state index contributed by atoms with van der Waals surface area (Å²) in [5.74, 6) is -0.00483. The fourth-order valence-electron chi connectivity index (χ4n) is 2.92. The number of nitrogens with zero attached hydrogens (tertiary/aromatic N) is 2. The summed E-state index contributed by atoms with van der Waals surface area (Å²) in [6.07, 6.45) is 0.801. The summed E-state index contributed by atoms with van der Waals surface area (Å²) >= 11 is 0. The number of aromatic nitrogens is 2. The molecule has 2 aromatic rings. The molecule has 4 nitrogen and oxygen atoms in total. The second-order valence-electron chi connectivity index (χ2n) is 7.02. The molecule has 23 heavy (non-hydrogen) atoms. The number of hydrogen-bond acceptors (Lipinski definition) is 2. The fourth-order valence-corrected chi connectivity index (χ4v) is 2.92. The van der Waals surface area contributed by atoms with Gasteiger partial charge < -0.3 is 5.32 Å². The topological polar surface area (TPSA) is 46.9 Å². The molecule has 0 aliphatic heterocycles. The van der Waals surface area contributed by atoms with Gasteiger partial charge in [-0.3, -0.25) is 9.48 Å². The van der Waals surface area contributed by atoms with Gasteiger partial charge in [0.2, 0.25) is 5.91 Å². The van der Waals surface area contributed by atoms with E-state index in [1.54, 1.807) is 4.68 Å². The Morgan fingerprint density at radius 3 is 2.48 bits per heavy atom. The van der Waals surface area contributed by atoms with Crippen LogP contribution in [0.4, 0.5) is 0 Å². The van der Waals surface area contributed by atoms with Crippen LogP contribution in [-0.2, 0) is 11.2 Å². The van der Waals surface area contributed by atoms with Gasteiger partial charge in [0.15, 0.2) is 0 Å². The zero-order valence-electron chi connectivity index (χ0n) is 15.0. The normalized spacial score (nSPS) is 13.0. The van der Waals surface area contributed by atoms with Gasteiger partial charge in [-0.1, -0.05) is 24.3 Å². The Morgan fingerprint density at radius 1 is 1.26 bits per heavy atom. The van der Waals surface area contributed by atoms with E-state index in [4.69, 9.17) is 0 Å². The van der Waals surface area contributed by atoms with Crippen molar-refractivity contribution >= 4 is 5.91 Å². The van der Waals surface area contributed by atoms with Gasteiger partial charge in [-0.05, 0) is 65.2 Å². The molecule has 1 aromatic heterocycles. The molecular weight excluding hydrogens is 286 g/mol. The van der Waals surface area contributed by atoms with E-state index in [0.717, 1.165) is 17.8 Å². The number of nitrogens with one attached hydrogen (secondary N) is 1. The van der Waals surface area contributed by atoms with E-state index in [-0.39, 0.29) is 17.5 Å². The minimum Gasteiger partial charge on any atom is -0.349 e. The van der Waals surface area contributed by atoms with Crippen LogP contribution in [0.1, 0.15) is 49.3 Å². The molecule has 1 amide bonds. The number of rotatable bonds is 5. The monoisotopic (exact) mass is 313 g/mol. The summed E-state index contributed by atoms with van der Waals surface area (Å²) < 4.78 is 1.79. The minimum atomic E-state index is -0.320. The first-order valence-electron chi connectivity index (χ1n) is 8.09. The summed E-state index contributed by atoms with van der Waals surface area (Å²) in [7, 11) is 0. The van der Waals surface area contributed by atoms with Gasteiger partial charge in [-0.15, -0.1) is 0 Å². The molecule has 0 aliphatic carbocycles. The second-order valence-corrected chi connectivity index (χ2v) is 7.02. The van der Waals surface area contributed by atoms with E-state index in [1.165, 1.54) is 11.1 Å². The van der Waals surface area contributed by atoms with E-state index in [0.29, 0.717) is 0 Å². The van der Waals surface area contributed by atoms with Gasteiger partial charge in [-0.25, -0.2) is 0 Å². The predicted octanol–water partition coefficient (Wildman–Crippen LogP) is 3.51. The Bertz CT molecular complexity index is 700. The third kappa shape index (κ3) is 4.21. The lowest BCUT2D eigenvalue weighted by atomic mass is 9.92. The molecule has 0 spiro atoms. The average Bonchev–Trinajstić information content (AvgIpc) is 2.78. The van der Waals surface area contributed by atoms with Gasteiger partial charge in [0.25, 0.3) is 0 Å². The van der Waals surface area contributed by atoms with Crippen LogP contribution in [0.5, 0.6) is 0 Å². The number of carbonyl (C=O) groups excluding carboxylic acids is 1. The Kier molecular flexibility index (Phi) is 4.93. The van der Waals surface area contributed by atoms with Crippen LogP contribution >= 0.6 is 0 Å².